The van der Waals surface area contributed by atoms with Gasteiger partial charge in [0.1, 0.15) is 11.8 Å². The van der Waals surface area contributed by atoms with E-state index in [1.165, 1.54) is 0 Å². The predicted molar refractivity (Wildman–Crippen MR) is 59.5 cm³/mol. The van der Waals surface area contributed by atoms with E-state index in [0.717, 1.165) is 17.7 Å². The van der Waals surface area contributed by atoms with Crippen molar-refractivity contribution in [3.05, 3.63) is 29.8 Å². The van der Waals surface area contributed by atoms with Crippen molar-refractivity contribution in [3.63, 3.8) is 0 Å². The number of carboxylic acid groups (broad SMARTS) is 1. The standard InChI is InChI=1S/C12H15NO3/c1-16-11-5-3-2-4-8(11)9-6-7-10(13-9)12(14)15/h2-5,9-10,13H,6-7H2,1H3,(H,14,15)/t9-,10+/m1/s1. The number of carbonyl (C=O) groups is 1. The third-order valence-electron chi connectivity index (χ3n) is 2.96. The SMILES string of the molecule is COc1ccccc1[C@H]1CC[C@@H](C(=O)O)N1. The first-order chi connectivity index (χ1) is 7.72. The van der Waals surface area contributed by atoms with Crippen LogP contribution in [-0.2, 0) is 4.79 Å². The van der Waals surface area contributed by atoms with Gasteiger partial charge < -0.3 is 9.84 Å². The summed E-state index contributed by atoms with van der Waals surface area (Å²) in [6.07, 6.45) is 1.50. The Morgan fingerprint density at radius 3 is 2.81 bits per heavy atom. The number of ether oxygens (including phenoxy) is 1. The van der Waals surface area contributed by atoms with Gasteiger partial charge in [-0.2, -0.15) is 0 Å². The summed E-state index contributed by atoms with van der Waals surface area (Å²) >= 11 is 0. The van der Waals surface area contributed by atoms with Gasteiger partial charge in [0, 0.05) is 11.6 Å². The second-order valence-corrected chi connectivity index (χ2v) is 3.93. The van der Waals surface area contributed by atoms with E-state index in [0.29, 0.717) is 6.42 Å². The van der Waals surface area contributed by atoms with Crippen LogP contribution in [0.3, 0.4) is 0 Å². The Balaban J connectivity index is 2.17. The summed E-state index contributed by atoms with van der Waals surface area (Å²) in [6, 6.07) is 7.36. The summed E-state index contributed by atoms with van der Waals surface area (Å²) in [5, 5.41) is 12.0. The van der Waals surface area contributed by atoms with Gasteiger partial charge in [-0.15, -0.1) is 0 Å². The Labute approximate surface area is 94.2 Å². The summed E-state index contributed by atoms with van der Waals surface area (Å²) in [6.45, 7) is 0. The third-order valence-corrected chi connectivity index (χ3v) is 2.96. The number of nitrogens with one attached hydrogen (secondary N) is 1. The molecule has 0 spiro atoms. The van der Waals surface area contributed by atoms with Crippen molar-refractivity contribution >= 4 is 5.97 Å². The molecule has 4 nitrogen and oxygen atoms in total. The fourth-order valence-electron chi connectivity index (χ4n) is 2.14. The van der Waals surface area contributed by atoms with Crippen LogP contribution in [0.15, 0.2) is 24.3 Å². The Morgan fingerprint density at radius 2 is 2.19 bits per heavy atom. The number of carboxylic acids is 1. The molecule has 0 amide bonds. The molecule has 2 atom stereocenters. The van der Waals surface area contributed by atoms with Gasteiger partial charge in [-0.05, 0) is 18.9 Å². The van der Waals surface area contributed by atoms with Gasteiger partial charge in [0.15, 0.2) is 0 Å². The van der Waals surface area contributed by atoms with Crippen LogP contribution in [0.2, 0.25) is 0 Å². The highest BCUT2D eigenvalue weighted by Crippen LogP contribution is 2.32. The molecule has 1 saturated heterocycles. The van der Waals surface area contributed by atoms with Gasteiger partial charge in [-0.25, -0.2) is 0 Å². The Bertz CT molecular complexity index is 392. The monoisotopic (exact) mass is 221 g/mol. The van der Waals surface area contributed by atoms with E-state index in [9.17, 15) is 4.79 Å². The molecule has 2 N–H and O–H groups in total. The Hall–Kier alpha value is -1.55. The third kappa shape index (κ3) is 2.02. The predicted octanol–water partition coefficient (Wildman–Crippen LogP) is 1.57. The quantitative estimate of drug-likeness (QED) is 0.813. The van der Waals surface area contributed by atoms with Crippen LogP contribution < -0.4 is 10.1 Å². The lowest BCUT2D eigenvalue weighted by molar-refractivity contribution is -0.139. The maximum Gasteiger partial charge on any atom is 0.320 e. The zero-order valence-electron chi connectivity index (χ0n) is 9.14. The highest BCUT2D eigenvalue weighted by atomic mass is 16.5. The van der Waals surface area contributed by atoms with Gasteiger partial charge in [0.2, 0.25) is 0 Å². The van der Waals surface area contributed by atoms with Crippen LogP contribution in [0, 0.1) is 0 Å². The van der Waals surface area contributed by atoms with Gasteiger partial charge in [0.25, 0.3) is 0 Å². The number of hydrogen-bond donors (Lipinski definition) is 2. The molecule has 86 valence electrons. The van der Waals surface area contributed by atoms with Crippen molar-refractivity contribution in [3.8, 4) is 5.75 Å². The van der Waals surface area contributed by atoms with Gasteiger partial charge in [0.05, 0.1) is 7.11 Å². The van der Waals surface area contributed by atoms with Gasteiger partial charge in [-0.1, -0.05) is 18.2 Å². The first kappa shape index (κ1) is 11.0. The maximum atomic E-state index is 10.8. The average molecular weight is 221 g/mol. The van der Waals surface area contributed by atoms with Crippen molar-refractivity contribution in [2.24, 2.45) is 0 Å². The largest absolute Gasteiger partial charge is 0.496 e. The molecule has 0 bridgehead atoms. The van der Waals surface area contributed by atoms with Crippen LogP contribution >= 0.6 is 0 Å². The highest BCUT2D eigenvalue weighted by Gasteiger charge is 2.30. The molecule has 1 heterocycles. The van der Waals surface area contributed by atoms with E-state index in [-0.39, 0.29) is 6.04 Å². The molecule has 0 unspecified atom stereocenters. The lowest BCUT2D eigenvalue weighted by Crippen LogP contribution is -2.31. The Kier molecular flexibility index (Phi) is 3.10. The Morgan fingerprint density at radius 1 is 1.44 bits per heavy atom. The summed E-state index contributed by atoms with van der Waals surface area (Å²) in [5.74, 6) is 0.0310. The fraction of sp³-hybridized carbons (Fsp3) is 0.417. The number of rotatable bonds is 3. The van der Waals surface area contributed by atoms with Crippen LogP contribution in [0.25, 0.3) is 0 Å². The molecular formula is C12H15NO3. The minimum atomic E-state index is -0.780. The molecule has 0 saturated carbocycles. The van der Waals surface area contributed by atoms with Crippen molar-refractivity contribution in [2.75, 3.05) is 7.11 Å². The summed E-state index contributed by atoms with van der Waals surface area (Å²) in [7, 11) is 1.63. The van der Waals surface area contributed by atoms with Crippen molar-refractivity contribution in [2.45, 2.75) is 24.9 Å². The molecule has 1 fully saturated rings. The van der Waals surface area contributed by atoms with Gasteiger partial charge >= 0.3 is 5.97 Å². The zero-order valence-corrected chi connectivity index (χ0v) is 9.14. The molecule has 1 aliphatic rings. The second-order valence-electron chi connectivity index (χ2n) is 3.93. The van der Waals surface area contributed by atoms with Crippen molar-refractivity contribution in [1.29, 1.82) is 0 Å². The van der Waals surface area contributed by atoms with Crippen molar-refractivity contribution in [1.82, 2.24) is 5.32 Å². The fourth-order valence-corrected chi connectivity index (χ4v) is 2.14. The molecule has 4 heteroatoms. The molecular weight excluding hydrogens is 206 g/mol. The molecule has 0 aromatic heterocycles. The van der Waals surface area contributed by atoms with Crippen LogP contribution in [0.4, 0.5) is 0 Å². The number of para-hydroxylation sites is 1. The topological polar surface area (TPSA) is 58.6 Å². The molecule has 2 rings (SSSR count). The average Bonchev–Trinajstić information content (AvgIpc) is 2.78. The van der Waals surface area contributed by atoms with Crippen LogP contribution in [-0.4, -0.2) is 24.2 Å². The molecule has 0 radical (unpaired) electrons. The summed E-state index contributed by atoms with van der Waals surface area (Å²) in [5.41, 5.74) is 1.04. The zero-order chi connectivity index (χ0) is 11.5. The van der Waals surface area contributed by atoms with E-state index in [4.69, 9.17) is 9.84 Å². The van der Waals surface area contributed by atoms with Crippen molar-refractivity contribution < 1.29 is 14.6 Å². The molecule has 16 heavy (non-hydrogen) atoms. The summed E-state index contributed by atoms with van der Waals surface area (Å²) in [4.78, 5) is 10.8. The highest BCUT2D eigenvalue weighted by molar-refractivity contribution is 5.74. The normalized spacial score (nSPS) is 24.3. The number of hydrogen-bond acceptors (Lipinski definition) is 3. The molecule has 1 aliphatic heterocycles. The van der Waals surface area contributed by atoms with Gasteiger partial charge in [-0.3, -0.25) is 10.1 Å². The number of aliphatic carboxylic acids is 1. The van der Waals surface area contributed by atoms with Crippen LogP contribution in [0.5, 0.6) is 5.75 Å². The number of benzene rings is 1. The maximum absolute atomic E-state index is 10.8. The lowest BCUT2D eigenvalue weighted by atomic mass is 10.0. The molecule has 1 aromatic rings. The van der Waals surface area contributed by atoms with E-state index >= 15 is 0 Å². The minimum Gasteiger partial charge on any atom is -0.496 e. The molecule has 0 aliphatic carbocycles. The first-order valence-corrected chi connectivity index (χ1v) is 5.34. The summed E-state index contributed by atoms with van der Waals surface area (Å²) < 4.78 is 5.27. The second kappa shape index (κ2) is 4.53. The van der Waals surface area contributed by atoms with E-state index in [1.807, 2.05) is 24.3 Å². The first-order valence-electron chi connectivity index (χ1n) is 5.34. The van der Waals surface area contributed by atoms with Crippen LogP contribution in [0.1, 0.15) is 24.4 Å². The van der Waals surface area contributed by atoms with E-state index < -0.39 is 12.0 Å². The lowest BCUT2D eigenvalue weighted by Gasteiger charge is -2.15. The van der Waals surface area contributed by atoms with E-state index in [1.54, 1.807) is 7.11 Å². The van der Waals surface area contributed by atoms with E-state index in [2.05, 4.69) is 5.32 Å². The number of methoxy groups -OCH3 is 1. The molecule has 1 aromatic carbocycles. The smallest absolute Gasteiger partial charge is 0.320 e. The minimum absolute atomic E-state index is 0.0808.